The van der Waals surface area contributed by atoms with Crippen LogP contribution in [0.5, 0.6) is 0 Å². The highest BCUT2D eigenvalue weighted by Crippen LogP contribution is 2.10. The van der Waals surface area contributed by atoms with E-state index >= 15 is 0 Å². The molecule has 6 nitrogen and oxygen atoms in total. The lowest BCUT2D eigenvalue weighted by Crippen LogP contribution is -2.24. The van der Waals surface area contributed by atoms with Crippen molar-refractivity contribution in [2.45, 2.75) is 6.92 Å². The Balaban J connectivity index is 1.93. The number of hydrogen-bond donors (Lipinski definition) is 3. The lowest BCUT2D eigenvalue weighted by molar-refractivity contribution is 0.0697. The van der Waals surface area contributed by atoms with Crippen molar-refractivity contribution in [2.24, 2.45) is 5.10 Å². The molecule has 0 saturated heterocycles. The number of carboxylic acid groups (broad SMARTS) is 1. The lowest BCUT2D eigenvalue weighted by Gasteiger charge is -2.07. The van der Waals surface area contributed by atoms with E-state index in [1.165, 1.54) is 12.1 Å². The number of aromatic carboxylic acids is 1. The lowest BCUT2D eigenvalue weighted by atomic mass is 10.2. The number of aromatic nitrogens is 1. The van der Waals surface area contributed by atoms with Crippen LogP contribution in [-0.4, -0.2) is 27.4 Å². The molecule has 0 fully saturated rings. The first-order valence-corrected chi connectivity index (χ1v) is 6.82. The van der Waals surface area contributed by atoms with Gasteiger partial charge in [-0.2, -0.15) is 5.10 Å². The molecule has 0 radical (unpaired) electrons. The number of carbonyl (C=O) groups is 1. The monoisotopic (exact) mass is 314 g/mol. The van der Waals surface area contributed by atoms with Crippen LogP contribution in [0.25, 0.3) is 0 Å². The van der Waals surface area contributed by atoms with Crippen LogP contribution in [0.15, 0.2) is 47.6 Å². The van der Waals surface area contributed by atoms with Crippen molar-refractivity contribution in [3.8, 4) is 0 Å². The van der Waals surface area contributed by atoms with Crippen molar-refractivity contribution in [1.29, 1.82) is 0 Å². The zero-order valence-electron chi connectivity index (χ0n) is 11.8. The van der Waals surface area contributed by atoms with E-state index in [-0.39, 0.29) is 10.7 Å². The van der Waals surface area contributed by atoms with Gasteiger partial charge in [0.15, 0.2) is 5.11 Å². The van der Waals surface area contributed by atoms with Crippen LogP contribution in [0.2, 0.25) is 0 Å². The van der Waals surface area contributed by atoms with Gasteiger partial charge >= 0.3 is 5.97 Å². The average molecular weight is 314 g/mol. The average Bonchev–Trinajstić information content (AvgIpc) is 2.47. The molecule has 0 saturated carbocycles. The van der Waals surface area contributed by atoms with Crippen LogP contribution in [0.1, 0.15) is 21.7 Å². The maximum atomic E-state index is 10.9. The van der Waals surface area contributed by atoms with Gasteiger partial charge in [0.25, 0.3) is 0 Å². The molecule has 7 heteroatoms. The van der Waals surface area contributed by atoms with E-state index in [1.807, 2.05) is 25.1 Å². The second-order valence-corrected chi connectivity index (χ2v) is 4.82. The maximum absolute atomic E-state index is 10.9. The Labute approximate surface area is 132 Å². The molecule has 2 rings (SSSR count). The Morgan fingerprint density at radius 1 is 1.32 bits per heavy atom. The Morgan fingerprint density at radius 2 is 2.09 bits per heavy atom. The molecule has 0 unspecified atom stereocenters. The molecule has 2 aromatic rings. The number of thiocarbonyl (C=S) groups is 1. The summed E-state index contributed by atoms with van der Waals surface area (Å²) in [6.07, 6.45) is 1.55. The Kier molecular flexibility index (Phi) is 5.16. The van der Waals surface area contributed by atoms with Crippen molar-refractivity contribution in [3.63, 3.8) is 0 Å². The number of benzene rings is 1. The van der Waals surface area contributed by atoms with Crippen LogP contribution in [0, 0.1) is 6.92 Å². The third-order valence-corrected chi connectivity index (χ3v) is 2.83. The molecule has 0 atom stereocenters. The molecule has 0 spiro atoms. The first-order valence-electron chi connectivity index (χ1n) is 6.41. The van der Waals surface area contributed by atoms with Crippen LogP contribution < -0.4 is 10.7 Å². The fourth-order valence-electron chi connectivity index (χ4n) is 1.68. The molecule has 0 bridgehead atoms. The summed E-state index contributed by atoms with van der Waals surface area (Å²) in [6, 6.07) is 11.9. The minimum atomic E-state index is -0.994. The highest BCUT2D eigenvalue weighted by atomic mass is 32.1. The third-order valence-electron chi connectivity index (χ3n) is 2.64. The van der Waals surface area contributed by atoms with Gasteiger partial charge in [-0.1, -0.05) is 12.1 Å². The number of hydrazone groups is 1. The molecule has 112 valence electrons. The number of anilines is 1. The molecule has 1 heterocycles. The van der Waals surface area contributed by atoms with E-state index in [0.29, 0.717) is 11.4 Å². The van der Waals surface area contributed by atoms with Crippen molar-refractivity contribution >= 4 is 35.2 Å². The molecule has 1 aromatic heterocycles. The Morgan fingerprint density at radius 3 is 2.82 bits per heavy atom. The van der Waals surface area contributed by atoms with E-state index in [4.69, 9.17) is 17.3 Å². The minimum Gasteiger partial charge on any atom is -0.478 e. The molecular weight excluding hydrogens is 300 g/mol. The summed E-state index contributed by atoms with van der Waals surface area (Å²) < 4.78 is 0. The number of aryl methyl sites for hydroxylation is 1. The van der Waals surface area contributed by atoms with Crippen molar-refractivity contribution in [2.75, 3.05) is 5.32 Å². The highest BCUT2D eigenvalue weighted by Gasteiger charge is 2.03. The van der Waals surface area contributed by atoms with E-state index in [9.17, 15) is 4.79 Å². The predicted molar refractivity (Wildman–Crippen MR) is 89.3 cm³/mol. The molecule has 0 aliphatic rings. The van der Waals surface area contributed by atoms with E-state index in [1.54, 1.807) is 18.3 Å². The van der Waals surface area contributed by atoms with E-state index in [2.05, 4.69) is 20.8 Å². The standard InChI is InChI=1S/C15H14N4O2S/c1-10-4-2-7-13(17-10)9-16-19-15(22)18-12-6-3-5-11(8-12)14(20)21/h2-9H,1H3,(H,20,21)(H2,18,19,22). The Bertz CT molecular complexity index is 731. The topological polar surface area (TPSA) is 86.6 Å². The summed E-state index contributed by atoms with van der Waals surface area (Å²) in [5.41, 5.74) is 5.01. The van der Waals surface area contributed by atoms with Gasteiger partial charge in [-0.05, 0) is 49.5 Å². The second-order valence-electron chi connectivity index (χ2n) is 4.41. The normalized spacial score (nSPS) is 10.4. The fraction of sp³-hybridized carbons (Fsp3) is 0.0667. The van der Waals surface area contributed by atoms with Gasteiger partial charge in [0.2, 0.25) is 0 Å². The summed E-state index contributed by atoms with van der Waals surface area (Å²) in [6.45, 7) is 1.90. The van der Waals surface area contributed by atoms with Crippen molar-refractivity contribution < 1.29 is 9.90 Å². The van der Waals surface area contributed by atoms with Gasteiger partial charge in [0.05, 0.1) is 17.5 Å². The first kappa shape index (κ1) is 15.6. The minimum absolute atomic E-state index is 0.181. The summed E-state index contributed by atoms with van der Waals surface area (Å²) in [4.78, 5) is 15.2. The number of pyridine rings is 1. The van der Waals surface area contributed by atoms with E-state index in [0.717, 1.165) is 5.69 Å². The summed E-state index contributed by atoms with van der Waals surface area (Å²) in [5.74, 6) is -0.994. The molecule has 0 amide bonds. The van der Waals surface area contributed by atoms with Crippen LogP contribution in [-0.2, 0) is 0 Å². The number of hydrogen-bond acceptors (Lipinski definition) is 4. The van der Waals surface area contributed by atoms with Crippen LogP contribution in [0.3, 0.4) is 0 Å². The molecular formula is C15H14N4O2S. The predicted octanol–water partition coefficient (Wildman–Crippen LogP) is 2.41. The van der Waals surface area contributed by atoms with Gasteiger partial charge in [-0.15, -0.1) is 0 Å². The van der Waals surface area contributed by atoms with Crippen molar-refractivity contribution in [3.05, 3.63) is 59.4 Å². The third kappa shape index (κ3) is 4.64. The number of rotatable bonds is 4. The zero-order chi connectivity index (χ0) is 15.9. The highest BCUT2D eigenvalue weighted by molar-refractivity contribution is 7.80. The van der Waals surface area contributed by atoms with Crippen molar-refractivity contribution in [1.82, 2.24) is 10.4 Å². The number of nitrogens with one attached hydrogen (secondary N) is 2. The second kappa shape index (κ2) is 7.28. The van der Waals surface area contributed by atoms with Gasteiger partial charge in [-0.25, -0.2) is 4.79 Å². The smallest absolute Gasteiger partial charge is 0.335 e. The molecule has 0 aliphatic heterocycles. The molecule has 0 aliphatic carbocycles. The van der Waals surface area contributed by atoms with Gasteiger partial charge in [0.1, 0.15) is 0 Å². The van der Waals surface area contributed by atoms with Gasteiger partial charge in [0, 0.05) is 11.4 Å². The molecule has 1 aromatic carbocycles. The quantitative estimate of drug-likeness (QED) is 0.456. The number of carboxylic acids is 1. The summed E-state index contributed by atoms with van der Waals surface area (Å²) in [5, 5.41) is 16.0. The Hall–Kier alpha value is -2.80. The van der Waals surface area contributed by atoms with E-state index < -0.39 is 5.97 Å². The fourth-order valence-corrected chi connectivity index (χ4v) is 1.85. The van der Waals surface area contributed by atoms with Gasteiger partial charge in [-0.3, -0.25) is 10.4 Å². The molecule has 3 N–H and O–H groups in total. The first-order chi connectivity index (χ1) is 10.5. The zero-order valence-corrected chi connectivity index (χ0v) is 12.6. The summed E-state index contributed by atoms with van der Waals surface area (Å²) in [7, 11) is 0. The van der Waals surface area contributed by atoms with Gasteiger partial charge < -0.3 is 10.4 Å². The van der Waals surface area contributed by atoms with Crippen LogP contribution in [0.4, 0.5) is 5.69 Å². The maximum Gasteiger partial charge on any atom is 0.335 e. The SMILES string of the molecule is Cc1cccc(C=NNC(=S)Nc2cccc(C(=O)O)c2)n1. The largest absolute Gasteiger partial charge is 0.478 e. The van der Waals surface area contributed by atoms with Crippen LogP contribution >= 0.6 is 12.2 Å². The molecule has 22 heavy (non-hydrogen) atoms. The summed E-state index contributed by atoms with van der Waals surface area (Å²) >= 11 is 5.08. The number of nitrogens with zero attached hydrogens (tertiary/aromatic N) is 2.